The number of aliphatic hydroxyl groups excluding tert-OH is 1. The Morgan fingerprint density at radius 3 is 2.42 bits per heavy atom. The fourth-order valence-corrected chi connectivity index (χ4v) is 1.34. The van der Waals surface area contributed by atoms with Crippen molar-refractivity contribution in [2.45, 2.75) is 32.4 Å². The summed E-state index contributed by atoms with van der Waals surface area (Å²) in [6.07, 6.45) is -0.630. The Morgan fingerprint density at radius 1 is 1.37 bits per heavy atom. The molecule has 1 aromatic rings. The van der Waals surface area contributed by atoms with Crippen molar-refractivity contribution in [3.8, 4) is 5.75 Å². The maximum absolute atomic E-state index is 10.5. The molecular formula is C13H20N2O4. The van der Waals surface area contributed by atoms with E-state index in [4.69, 9.17) is 4.74 Å². The molecule has 1 atom stereocenters. The number of benzene rings is 1. The summed E-state index contributed by atoms with van der Waals surface area (Å²) in [5.74, 6) is 0.500. The van der Waals surface area contributed by atoms with Gasteiger partial charge in [0.2, 0.25) is 0 Å². The first-order valence-electron chi connectivity index (χ1n) is 6.08. The normalized spacial score (nSPS) is 13.1. The minimum atomic E-state index is -0.630. The van der Waals surface area contributed by atoms with E-state index in [0.29, 0.717) is 12.3 Å². The molecule has 106 valence electrons. The average molecular weight is 268 g/mol. The third-order valence-corrected chi connectivity index (χ3v) is 2.36. The number of non-ortho nitro benzene ring substituents is 1. The summed E-state index contributed by atoms with van der Waals surface area (Å²) in [6, 6.07) is 5.77. The molecule has 0 saturated heterocycles. The molecule has 0 aromatic heterocycles. The largest absolute Gasteiger partial charge is 0.491 e. The molecule has 19 heavy (non-hydrogen) atoms. The smallest absolute Gasteiger partial charge is 0.269 e. The Labute approximate surface area is 112 Å². The summed E-state index contributed by atoms with van der Waals surface area (Å²) < 4.78 is 5.36. The van der Waals surface area contributed by atoms with Gasteiger partial charge in [0.25, 0.3) is 5.69 Å². The Morgan fingerprint density at radius 2 is 1.95 bits per heavy atom. The zero-order valence-corrected chi connectivity index (χ0v) is 11.4. The molecule has 6 nitrogen and oxygen atoms in total. The van der Waals surface area contributed by atoms with Crippen molar-refractivity contribution in [3.63, 3.8) is 0 Å². The topological polar surface area (TPSA) is 84.6 Å². The number of nitro groups is 1. The van der Waals surface area contributed by atoms with E-state index in [1.807, 2.05) is 20.8 Å². The van der Waals surface area contributed by atoms with Crippen LogP contribution < -0.4 is 10.1 Å². The first-order chi connectivity index (χ1) is 8.78. The zero-order valence-electron chi connectivity index (χ0n) is 11.4. The molecular weight excluding hydrogens is 248 g/mol. The van der Waals surface area contributed by atoms with Crippen molar-refractivity contribution in [2.75, 3.05) is 13.2 Å². The summed E-state index contributed by atoms with van der Waals surface area (Å²) in [5.41, 5.74) is -0.0452. The maximum atomic E-state index is 10.5. The Kier molecular flexibility index (Phi) is 5.26. The van der Waals surface area contributed by atoms with Crippen LogP contribution in [0.1, 0.15) is 20.8 Å². The molecule has 0 aliphatic heterocycles. The minimum absolute atomic E-state index is 0.0160. The minimum Gasteiger partial charge on any atom is -0.491 e. The summed E-state index contributed by atoms with van der Waals surface area (Å²) in [7, 11) is 0. The molecule has 1 unspecified atom stereocenters. The lowest BCUT2D eigenvalue weighted by atomic mass is 10.1. The van der Waals surface area contributed by atoms with E-state index in [1.54, 1.807) is 0 Å². The fourth-order valence-electron chi connectivity index (χ4n) is 1.34. The van der Waals surface area contributed by atoms with Crippen molar-refractivity contribution in [1.82, 2.24) is 5.32 Å². The van der Waals surface area contributed by atoms with Crippen LogP contribution in [0.15, 0.2) is 24.3 Å². The van der Waals surface area contributed by atoms with E-state index in [0.717, 1.165) is 0 Å². The van der Waals surface area contributed by atoms with E-state index < -0.39 is 11.0 Å². The van der Waals surface area contributed by atoms with Gasteiger partial charge in [-0.25, -0.2) is 0 Å². The van der Waals surface area contributed by atoms with E-state index in [-0.39, 0.29) is 17.8 Å². The molecule has 0 heterocycles. The number of nitrogens with zero attached hydrogens (tertiary/aromatic N) is 1. The highest BCUT2D eigenvalue weighted by Crippen LogP contribution is 2.17. The summed E-state index contributed by atoms with van der Waals surface area (Å²) in [4.78, 5) is 10.0. The van der Waals surface area contributed by atoms with Crippen LogP contribution in [-0.4, -0.2) is 34.8 Å². The quantitative estimate of drug-likeness (QED) is 0.606. The SMILES string of the molecule is CC(C)(C)NCC(O)COc1ccc([N+](=O)[O-])cc1. The van der Waals surface area contributed by atoms with Gasteiger partial charge in [-0.1, -0.05) is 0 Å². The van der Waals surface area contributed by atoms with Crippen LogP contribution in [0, 0.1) is 10.1 Å². The van der Waals surface area contributed by atoms with E-state index >= 15 is 0 Å². The van der Waals surface area contributed by atoms with E-state index in [2.05, 4.69) is 5.32 Å². The third-order valence-electron chi connectivity index (χ3n) is 2.36. The molecule has 0 bridgehead atoms. The number of nitro benzene ring substituents is 1. The fraction of sp³-hybridized carbons (Fsp3) is 0.538. The van der Waals surface area contributed by atoms with Crippen molar-refractivity contribution in [2.24, 2.45) is 0 Å². The molecule has 2 N–H and O–H groups in total. The van der Waals surface area contributed by atoms with Gasteiger partial charge in [0.05, 0.1) is 4.92 Å². The number of nitrogens with one attached hydrogen (secondary N) is 1. The third kappa shape index (κ3) is 6.17. The zero-order chi connectivity index (χ0) is 14.5. The number of hydrogen-bond donors (Lipinski definition) is 2. The van der Waals surface area contributed by atoms with Crippen molar-refractivity contribution >= 4 is 5.69 Å². The van der Waals surface area contributed by atoms with Crippen molar-refractivity contribution in [1.29, 1.82) is 0 Å². The molecule has 0 saturated carbocycles. The molecule has 0 fully saturated rings. The highest BCUT2D eigenvalue weighted by Gasteiger charge is 2.12. The van der Waals surface area contributed by atoms with Gasteiger partial charge in [0.1, 0.15) is 18.5 Å². The number of rotatable bonds is 6. The summed E-state index contributed by atoms with van der Waals surface area (Å²) in [5, 5.41) is 23.4. The monoisotopic (exact) mass is 268 g/mol. The second-order valence-corrected chi connectivity index (χ2v) is 5.35. The number of ether oxygens (including phenoxy) is 1. The predicted molar refractivity (Wildman–Crippen MR) is 72.4 cm³/mol. The van der Waals surface area contributed by atoms with Gasteiger partial charge < -0.3 is 15.2 Å². The molecule has 0 amide bonds. The van der Waals surface area contributed by atoms with Crippen LogP contribution >= 0.6 is 0 Å². The van der Waals surface area contributed by atoms with Gasteiger partial charge in [-0.2, -0.15) is 0 Å². The lowest BCUT2D eigenvalue weighted by molar-refractivity contribution is -0.384. The summed E-state index contributed by atoms with van der Waals surface area (Å²) in [6.45, 7) is 6.60. The lowest BCUT2D eigenvalue weighted by Gasteiger charge is -2.22. The second kappa shape index (κ2) is 6.49. The highest BCUT2D eigenvalue weighted by molar-refractivity contribution is 5.35. The van der Waals surface area contributed by atoms with Gasteiger partial charge in [0, 0.05) is 24.2 Å². The van der Waals surface area contributed by atoms with Gasteiger partial charge >= 0.3 is 0 Å². The van der Waals surface area contributed by atoms with Crippen LogP contribution in [0.2, 0.25) is 0 Å². The average Bonchev–Trinajstić information content (AvgIpc) is 2.33. The second-order valence-electron chi connectivity index (χ2n) is 5.35. The predicted octanol–water partition coefficient (Wildman–Crippen LogP) is 1.72. The van der Waals surface area contributed by atoms with E-state index in [1.165, 1.54) is 24.3 Å². The van der Waals surface area contributed by atoms with Crippen LogP contribution in [0.5, 0.6) is 5.75 Å². The van der Waals surface area contributed by atoms with Crippen LogP contribution in [0.25, 0.3) is 0 Å². The van der Waals surface area contributed by atoms with Gasteiger partial charge in [-0.3, -0.25) is 10.1 Å². The van der Waals surface area contributed by atoms with Crippen molar-refractivity contribution < 1.29 is 14.8 Å². The maximum Gasteiger partial charge on any atom is 0.269 e. The van der Waals surface area contributed by atoms with Gasteiger partial charge in [0.15, 0.2) is 0 Å². The first kappa shape index (κ1) is 15.4. The number of hydrogen-bond acceptors (Lipinski definition) is 5. The number of β-amino-alcohol motifs (C(OH)–C–C–N with tert-alkyl or cyclic N) is 1. The molecule has 0 aliphatic rings. The van der Waals surface area contributed by atoms with Crippen LogP contribution in [-0.2, 0) is 0 Å². The van der Waals surface area contributed by atoms with Crippen LogP contribution in [0.3, 0.4) is 0 Å². The first-order valence-corrected chi connectivity index (χ1v) is 6.08. The molecule has 0 aliphatic carbocycles. The Bertz CT molecular complexity index is 412. The standard InChI is InChI=1S/C13H20N2O4/c1-13(2,3)14-8-11(16)9-19-12-6-4-10(5-7-12)15(17)18/h4-7,11,14,16H,8-9H2,1-3H3. The molecule has 0 spiro atoms. The van der Waals surface area contributed by atoms with Crippen LogP contribution in [0.4, 0.5) is 5.69 Å². The summed E-state index contributed by atoms with van der Waals surface area (Å²) >= 11 is 0. The van der Waals surface area contributed by atoms with Gasteiger partial charge in [-0.15, -0.1) is 0 Å². The Hall–Kier alpha value is -1.66. The molecule has 6 heteroatoms. The molecule has 1 rings (SSSR count). The molecule has 0 radical (unpaired) electrons. The van der Waals surface area contributed by atoms with Gasteiger partial charge in [-0.05, 0) is 32.9 Å². The lowest BCUT2D eigenvalue weighted by Crippen LogP contribution is -2.42. The molecule has 1 aromatic carbocycles. The Balaban J connectivity index is 2.37. The number of aliphatic hydroxyl groups is 1. The van der Waals surface area contributed by atoms with E-state index in [9.17, 15) is 15.2 Å². The highest BCUT2D eigenvalue weighted by atomic mass is 16.6. The van der Waals surface area contributed by atoms with Crippen molar-refractivity contribution in [3.05, 3.63) is 34.4 Å².